The summed E-state index contributed by atoms with van der Waals surface area (Å²) in [7, 11) is 0. The van der Waals surface area contributed by atoms with Crippen LogP contribution < -0.4 is 4.74 Å². The van der Waals surface area contributed by atoms with E-state index < -0.39 is 18.2 Å². The third-order valence-corrected chi connectivity index (χ3v) is 9.23. The van der Waals surface area contributed by atoms with Gasteiger partial charge in [-0.3, -0.25) is 4.98 Å². The largest absolute Gasteiger partial charge is 0.494 e. The first-order chi connectivity index (χ1) is 24.8. The summed E-state index contributed by atoms with van der Waals surface area (Å²) in [6, 6.07) is 19.3. The van der Waals surface area contributed by atoms with Crippen LogP contribution in [0.2, 0.25) is 0 Å². The topological polar surface area (TPSA) is 57.7 Å². The van der Waals surface area contributed by atoms with Crippen molar-refractivity contribution in [2.24, 2.45) is 0 Å². The van der Waals surface area contributed by atoms with E-state index in [4.69, 9.17) is 14.2 Å². The van der Waals surface area contributed by atoms with Crippen LogP contribution in [-0.4, -0.2) is 43.1 Å². The molecule has 5 nitrogen and oxygen atoms in total. The fraction of sp³-hybridized carbons (Fsp3) is 0.581. The van der Waals surface area contributed by atoms with E-state index >= 15 is 0 Å². The van der Waals surface area contributed by atoms with Crippen molar-refractivity contribution in [3.8, 4) is 28.1 Å². The minimum Gasteiger partial charge on any atom is -0.494 e. The zero-order chi connectivity index (χ0) is 36.6. The summed E-state index contributed by atoms with van der Waals surface area (Å²) in [5, 5.41) is 0. The molecular weight excluding hydrogens is 651 g/mol. The smallest absolute Gasteiger partial charge is 0.414 e. The second-order valence-electron chi connectivity index (χ2n) is 13.6. The molecule has 0 N–H and O–H groups in total. The van der Waals surface area contributed by atoms with E-state index in [1.165, 1.54) is 83.5 Å². The Balaban J connectivity index is 1.25. The second kappa shape index (κ2) is 24.7. The number of benzene rings is 2. The molecule has 51 heavy (non-hydrogen) atoms. The van der Waals surface area contributed by atoms with E-state index in [0.717, 1.165) is 54.5 Å². The van der Waals surface area contributed by atoms with Crippen molar-refractivity contribution in [2.45, 2.75) is 142 Å². The molecule has 0 saturated carbocycles. The predicted molar refractivity (Wildman–Crippen MR) is 201 cm³/mol. The number of pyridine rings is 1. The molecule has 8 heteroatoms. The molecule has 0 aliphatic rings. The first-order valence-electron chi connectivity index (χ1n) is 19.4. The van der Waals surface area contributed by atoms with Crippen molar-refractivity contribution >= 4 is 5.97 Å². The Hall–Kier alpha value is -3.39. The molecule has 0 saturated heterocycles. The number of halogens is 3. The van der Waals surface area contributed by atoms with Gasteiger partial charge >= 0.3 is 12.1 Å². The Bertz CT molecular complexity index is 1330. The van der Waals surface area contributed by atoms with E-state index in [1.807, 2.05) is 54.7 Å². The number of rotatable bonds is 27. The van der Waals surface area contributed by atoms with E-state index in [0.29, 0.717) is 24.8 Å². The van der Waals surface area contributed by atoms with Crippen LogP contribution in [0.5, 0.6) is 5.75 Å². The molecule has 0 aliphatic heterocycles. The van der Waals surface area contributed by atoms with E-state index in [1.54, 1.807) is 12.1 Å². The Labute approximate surface area is 304 Å². The van der Waals surface area contributed by atoms with Crippen LogP contribution in [0.25, 0.3) is 22.4 Å². The molecular formula is C43H60F3NO4. The number of unbranched alkanes of at least 4 members (excludes halogenated alkanes) is 16. The minimum atomic E-state index is -4.33. The third-order valence-electron chi connectivity index (χ3n) is 9.23. The molecule has 0 fully saturated rings. The molecule has 3 aromatic rings. The van der Waals surface area contributed by atoms with E-state index in [2.05, 4.69) is 11.9 Å². The summed E-state index contributed by atoms with van der Waals surface area (Å²) < 4.78 is 53.5. The van der Waals surface area contributed by atoms with Crippen LogP contribution in [-0.2, 0) is 9.47 Å². The van der Waals surface area contributed by atoms with Gasteiger partial charge in [0.05, 0.1) is 24.5 Å². The number of ether oxygens (including phenoxy) is 3. The number of hydrogen-bond donors (Lipinski definition) is 0. The average Bonchev–Trinajstić information content (AvgIpc) is 3.14. The van der Waals surface area contributed by atoms with E-state index in [-0.39, 0.29) is 13.2 Å². The summed E-state index contributed by atoms with van der Waals surface area (Å²) >= 11 is 0. The number of carbonyl (C=O) groups excluding carboxylic acids is 1. The second-order valence-corrected chi connectivity index (χ2v) is 13.6. The fourth-order valence-corrected chi connectivity index (χ4v) is 5.90. The summed E-state index contributed by atoms with van der Waals surface area (Å²) in [6.45, 7) is 4.36. The highest BCUT2D eigenvalue weighted by Gasteiger charge is 2.36. The van der Waals surface area contributed by atoms with Crippen molar-refractivity contribution in [3.63, 3.8) is 0 Å². The number of aromatic nitrogens is 1. The lowest BCUT2D eigenvalue weighted by Gasteiger charge is -2.16. The fourth-order valence-electron chi connectivity index (χ4n) is 5.90. The van der Waals surface area contributed by atoms with Crippen LogP contribution in [0.1, 0.15) is 140 Å². The quantitative estimate of drug-likeness (QED) is 0.0582. The van der Waals surface area contributed by atoms with E-state index in [9.17, 15) is 18.0 Å². The van der Waals surface area contributed by atoms with Gasteiger partial charge in [-0.2, -0.15) is 13.2 Å². The van der Waals surface area contributed by atoms with Crippen molar-refractivity contribution in [3.05, 3.63) is 72.4 Å². The monoisotopic (exact) mass is 711 g/mol. The molecule has 0 spiro atoms. The first kappa shape index (κ1) is 42.0. The molecule has 1 heterocycles. The highest BCUT2D eigenvalue weighted by molar-refractivity contribution is 5.90. The summed E-state index contributed by atoms with van der Waals surface area (Å²) in [5.41, 5.74) is 4.25. The molecule has 2 aromatic carbocycles. The first-order valence-corrected chi connectivity index (χ1v) is 19.4. The van der Waals surface area contributed by atoms with Crippen LogP contribution in [0, 0.1) is 0 Å². The predicted octanol–water partition coefficient (Wildman–Crippen LogP) is 13.0. The lowest BCUT2D eigenvalue weighted by molar-refractivity contribution is -0.214. The maximum absolute atomic E-state index is 12.5. The molecule has 1 aromatic heterocycles. The van der Waals surface area contributed by atoms with Gasteiger partial charge in [-0.15, -0.1) is 0 Å². The number of esters is 1. The summed E-state index contributed by atoms with van der Waals surface area (Å²) in [6.07, 6.45) is 17.2. The van der Waals surface area contributed by atoms with Gasteiger partial charge in [-0.25, -0.2) is 4.79 Å². The Kier molecular flexibility index (Phi) is 20.4. The minimum absolute atomic E-state index is 0.0627. The third kappa shape index (κ3) is 17.6. The molecule has 0 amide bonds. The molecule has 282 valence electrons. The van der Waals surface area contributed by atoms with Crippen LogP contribution in [0.15, 0.2) is 66.9 Å². The van der Waals surface area contributed by atoms with Crippen LogP contribution >= 0.6 is 0 Å². The standard InChI is InChI=1S/C43H60F3NO4/c1-3-4-5-6-7-8-9-10-11-12-13-14-15-19-32-50-40-28-25-37(26-29-40)41-30-27-39(34-47-41)36-21-23-38(24-22-36)42(48)51-33-20-17-16-18-31-49-35(2)43(44,45)46/h21-30,34-35H,3-20,31-33H2,1-2H3. The normalized spacial score (nSPS) is 12.2. The zero-order valence-corrected chi connectivity index (χ0v) is 31.0. The molecule has 1 unspecified atom stereocenters. The number of hydrogen-bond acceptors (Lipinski definition) is 5. The molecule has 0 radical (unpaired) electrons. The highest BCUT2D eigenvalue weighted by atomic mass is 19.4. The van der Waals surface area contributed by atoms with Crippen LogP contribution in [0.4, 0.5) is 13.2 Å². The van der Waals surface area contributed by atoms with Gasteiger partial charge in [-0.1, -0.05) is 115 Å². The van der Waals surface area contributed by atoms with Crippen molar-refractivity contribution in [2.75, 3.05) is 19.8 Å². The number of nitrogens with zero attached hydrogens (tertiary/aromatic N) is 1. The Morgan fingerprint density at radius 2 is 1.10 bits per heavy atom. The summed E-state index contributed by atoms with van der Waals surface area (Å²) in [4.78, 5) is 17.1. The van der Waals surface area contributed by atoms with Gasteiger partial charge in [0.1, 0.15) is 5.75 Å². The van der Waals surface area contributed by atoms with Crippen molar-refractivity contribution < 1.29 is 32.2 Å². The number of carbonyl (C=O) groups is 1. The maximum Gasteiger partial charge on any atom is 0.414 e. The van der Waals surface area contributed by atoms with Gasteiger partial charge in [0, 0.05) is 23.9 Å². The number of alkyl halides is 3. The van der Waals surface area contributed by atoms with Crippen LogP contribution in [0.3, 0.4) is 0 Å². The van der Waals surface area contributed by atoms with Gasteiger partial charge in [0.25, 0.3) is 0 Å². The molecule has 0 aliphatic carbocycles. The summed E-state index contributed by atoms with van der Waals surface area (Å²) in [5.74, 6) is 0.483. The van der Waals surface area contributed by atoms with Gasteiger partial charge in [-0.05, 0) is 80.6 Å². The SMILES string of the molecule is CCCCCCCCCCCCCCCCOc1ccc(-c2ccc(-c3ccc(C(=O)OCCCCCCOC(C)C(F)(F)F)cc3)cn2)cc1. The van der Waals surface area contributed by atoms with Crippen molar-refractivity contribution in [1.82, 2.24) is 4.98 Å². The molecule has 3 rings (SSSR count). The van der Waals surface area contributed by atoms with Gasteiger partial charge in [0.2, 0.25) is 0 Å². The highest BCUT2D eigenvalue weighted by Crippen LogP contribution is 2.26. The lowest BCUT2D eigenvalue weighted by Crippen LogP contribution is -2.28. The maximum atomic E-state index is 12.5. The Morgan fingerprint density at radius 1 is 0.608 bits per heavy atom. The Morgan fingerprint density at radius 3 is 1.63 bits per heavy atom. The molecule has 0 bridgehead atoms. The van der Waals surface area contributed by atoms with Crippen molar-refractivity contribution in [1.29, 1.82) is 0 Å². The lowest BCUT2D eigenvalue weighted by atomic mass is 10.0. The zero-order valence-electron chi connectivity index (χ0n) is 31.0. The molecule has 1 atom stereocenters. The van der Waals surface area contributed by atoms with Gasteiger partial charge < -0.3 is 14.2 Å². The average molecular weight is 712 g/mol. The van der Waals surface area contributed by atoms with Gasteiger partial charge in [0.15, 0.2) is 6.10 Å².